The van der Waals surface area contributed by atoms with Crippen molar-refractivity contribution in [2.75, 3.05) is 0 Å². The summed E-state index contributed by atoms with van der Waals surface area (Å²) in [4.78, 5) is 4.88. The van der Waals surface area contributed by atoms with Gasteiger partial charge in [-0.2, -0.15) is 5.10 Å². The van der Waals surface area contributed by atoms with Gasteiger partial charge in [0, 0.05) is 34.6 Å². The van der Waals surface area contributed by atoms with Crippen molar-refractivity contribution in [3.63, 3.8) is 0 Å². The minimum absolute atomic E-state index is 0.295. The summed E-state index contributed by atoms with van der Waals surface area (Å²) in [6, 6.07) is 19.9. The summed E-state index contributed by atoms with van der Waals surface area (Å²) >= 11 is 6.07. The quantitative estimate of drug-likeness (QED) is 0.373. The molecule has 0 saturated carbocycles. The van der Waals surface area contributed by atoms with Gasteiger partial charge < -0.3 is 4.57 Å². The molecule has 0 radical (unpaired) electrons. The molecule has 0 saturated heterocycles. The Balaban J connectivity index is 1.85. The molecule has 0 spiro atoms. The first-order valence-corrected chi connectivity index (χ1v) is 9.53. The number of rotatable bonds is 3. The average molecular weight is 403 g/mol. The molecule has 0 unspecified atom stereocenters. The highest BCUT2D eigenvalue weighted by atomic mass is 35.5. The number of hydrogen-bond acceptors (Lipinski definition) is 2. The zero-order valence-electron chi connectivity index (χ0n) is 15.6. The lowest BCUT2D eigenvalue weighted by Crippen LogP contribution is -2.02. The minimum Gasteiger partial charge on any atom is -0.309 e. The molecule has 0 amide bonds. The summed E-state index contributed by atoms with van der Waals surface area (Å²) in [6.45, 7) is 1.95. The normalized spacial score (nSPS) is 11.3. The number of aromatic nitrogens is 4. The largest absolute Gasteiger partial charge is 0.309 e. The summed E-state index contributed by atoms with van der Waals surface area (Å²) in [7, 11) is 0. The predicted molar refractivity (Wildman–Crippen MR) is 113 cm³/mol. The van der Waals surface area contributed by atoms with Crippen LogP contribution in [0.25, 0.3) is 33.8 Å². The van der Waals surface area contributed by atoms with Gasteiger partial charge in [-0.05, 0) is 48.9 Å². The van der Waals surface area contributed by atoms with Crippen LogP contribution in [0, 0.1) is 12.7 Å². The molecule has 0 aliphatic carbocycles. The summed E-state index contributed by atoms with van der Waals surface area (Å²) in [5.41, 5.74) is 4.94. The van der Waals surface area contributed by atoms with Crippen molar-refractivity contribution in [1.82, 2.24) is 19.2 Å². The van der Waals surface area contributed by atoms with Crippen LogP contribution in [0.5, 0.6) is 0 Å². The monoisotopic (exact) mass is 402 g/mol. The molecular weight excluding hydrogens is 387 g/mol. The summed E-state index contributed by atoms with van der Waals surface area (Å²) in [6.07, 6.45) is 3.86. The van der Waals surface area contributed by atoms with Crippen molar-refractivity contribution >= 4 is 17.2 Å². The summed E-state index contributed by atoms with van der Waals surface area (Å²) < 4.78 is 17.7. The Morgan fingerprint density at radius 2 is 1.66 bits per heavy atom. The average Bonchev–Trinajstić information content (AvgIpc) is 3.35. The Bertz CT molecular complexity index is 1320. The molecule has 0 N–H and O–H groups in total. The molecular formula is C23H16ClFN4. The van der Waals surface area contributed by atoms with Gasteiger partial charge in [-0.1, -0.05) is 35.9 Å². The lowest BCUT2D eigenvalue weighted by atomic mass is 10.1. The van der Waals surface area contributed by atoms with E-state index in [0.29, 0.717) is 10.7 Å². The number of hydrogen-bond donors (Lipinski definition) is 0. The van der Waals surface area contributed by atoms with E-state index in [1.807, 2.05) is 72.4 Å². The molecule has 142 valence electrons. The third-order valence-corrected chi connectivity index (χ3v) is 5.12. The smallest absolute Gasteiger partial charge is 0.166 e. The van der Waals surface area contributed by atoms with Crippen molar-refractivity contribution in [3.05, 3.63) is 95.7 Å². The van der Waals surface area contributed by atoms with Crippen molar-refractivity contribution in [3.8, 4) is 28.2 Å². The third-order valence-electron chi connectivity index (χ3n) is 4.87. The first-order chi connectivity index (χ1) is 14.1. The molecule has 0 fully saturated rings. The molecule has 5 aromatic rings. The van der Waals surface area contributed by atoms with Crippen LogP contribution < -0.4 is 0 Å². The van der Waals surface area contributed by atoms with Crippen LogP contribution in [-0.4, -0.2) is 19.2 Å². The Morgan fingerprint density at radius 1 is 0.897 bits per heavy atom. The van der Waals surface area contributed by atoms with Gasteiger partial charge in [0.25, 0.3) is 0 Å². The van der Waals surface area contributed by atoms with Gasteiger partial charge in [0.1, 0.15) is 11.6 Å². The summed E-state index contributed by atoms with van der Waals surface area (Å²) in [5, 5.41) is 5.40. The lowest BCUT2D eigenvalue weighted by Gasteiger charge is -2.10. The van der Waals surface area contributed by atoms with E-state index in [1.165, 1.54) is 12.1 Å². The lowest BCUT2D eigenvalue weighted by molar-refractivity contribution is 0.628. The van der Waals surface area contributed by atoms with Gasteiger partial charge in [-0.15, -0.1) is 0 Å². The zero-order chi connectivity index (χ0) is 20.0. The Labute approximate surface area is 171 Å². The fourth-order valence-electron chi connectivity index (χ4n) is 3.54. The topological polar surface area (TPSA) is 35.1 Å². The van der Waals surface area contributed by atoms with E-state index in [9.17, 15) is 4.39 Å². The van der Waals surface area contributed by atoms with Crippen LogP contribution in [0.4, 0.5) is 4.39 Å². The summed E-state index contributed by atoms with van der Waals surface area (Å²) in [5.74, 6) is 0.439. The van der Waals surface area contributed by atoms with Crippen LogP contribution in [-0.2, 0) is 0 Å². The maximum absolute atomic E-state index is 14.0. The highest BCUT2D eigenvalue weighted by Crippen LogP contribution is 2.32. The van der Waals surface area contributed by atoms with Crippen molar-refractivity contribution in [1.29, 1.82) is 0 Å². The van der Waals surface area contributed by atoms with E-state index in [2.05, 4.69) is 0 Å². The second kappa shape index (κ2) is 6.87. The minimum atomic E-state index is -0.295. The fraction of sp³-hybridized carbons (Fsp3) is 0.0435. The Morgan fingerprint density at radius 3 is 2.38 bits per heavy atom. The van der Waals surface area contributed by atoms with E-state index in [0.717, 1.165) is 33.9 Å². The van der Waals surface area contributed by atoms with E-state index < -0.39 is 0 Å². The molecule has 0 aliphatic heterocycles. The maximum atomic E-state index is 14.0. The third kappa shape index (κ3) is 3.09. The molecule has 0 bridgehead atoms. The van der Waals surface area contributed by atoms with Crippen LogP contribution in [0.15, 0.2) is 79.1 Å². The number of benzene rings is 2. The first kappa shape index (κ1) is 17.6. The van der Waals surface area contributed by atoms with E-state index in [-0.39, 0.29) is 5.82 Å². The standard InChI is InChI=1S/C23H16ClFN4/c1-15-22(16-7-9-18(24)10-8-16)23-26-21(28-11-2-3-12-28)14-20(29(23)27-15)17-5-4-6-19(25)13-17/h2-14H,1H3. The van der Waals surface area contributed by atoms with Crippen molar-refractivity contribution < 1.29 is 4.39 Å². The second-order valence-corrected chi connectivity index (χ2v) is 7.24. The highest BCUT2D eigenvalue weighted by Gasteiger charge is 2.18. The van der Waals surface area contributed by atoms with Crippen LogP contribution in [0.3, 0.4) is 0 Å². The second-order valence-electron chi connectivity index (χ2n) is 6.80. The van der Waals surface area contributed by atoms with E-state index >= 15 is 0 Å². The molecule has 5 rings (SSSR count). The molecule has 0 atom stereocenters. The van der Waals surface area contributed by atoms with E-state index in [1.54, 1.807) is 10.6 Å². The first-order valence-electron chi connectivity index (χ1n) is 9.16. The molecule has 0 aliphatic rings. The Kier molecular flexibility index (Phi) is 4.18. The Hall–Kier alpha value is -3.44. The van der Waals surface area contributed by atoms with Gasteiger partial charge in [0.2, 0.25) is 0 Å². The van der Waals surface area contributed by atoms with Gasteiger partial charge >= 0.3 is 0 Å². The van der Waals surface area contributed by atoms with E-state index in [4.69, 9.17) is 21.7 Å². The molecule has 4 nitrogen and oxygen atoms in total. The van der Waals surface area contributed by atoms with Gasteiger partial charge in [-0.3, -0.25) is 0 Å². The molecule has 2 aromatic carbocycles. The zero-order valence-corrected chi connectivity index (χ0v) is 16.3. The van der Waals surface area contributed by atoms with Crippen molar-refractivity contribution in [2.45, 2.75) is 6.92 Å². The number of halogens is 2. The number of aryl methyl sites for hydroxylation is 1. The molecule has 29 heavy (non-hydrogen) atoms. The van der Waals surface area contributed by atoms with Gasteiger partial charge in [0.15, 0.2) is 5.65 Å². The maximum Gasteiger partial charge on any atom is 0.166 e. The fourth-order valence-corrected chi connectivity index (χ4v) is 3.66. The molecule has 6 heteroatoms. The van der Waals surface area contributed by atoms with Gasteiger partial charge in [0.05, 0.1) is 11.4 Å². The van der Waals surface area contributed by atoms with Crippen molar-refractivity contribution in [2.24, 2.45) is 0 Å². The van der Waals surface area contributed by atoms with Crippen LogP contribution in [0.1, 0.15) is 5.69 Å². The van der Waals surface area contributed by atoms with Crippen LogP contribution >= 0.6 is 11.6 Å². The highest BCUT2D eigenvalue weighted by molar-refractivity contribution is 6.30. The SMILES string of the molecule is Cc1nn2c(-c3cccc(F)c3)cc(-n3cccc3)nc2c1-c1ccc(Cl)cc1. The molecule has 3 aromatic heterocycles. The number of fused-ring (bicyclic) bond motifs is 1. The number of nitrogens with zero attached hydrogens (tertiary/aromatic N) is 4. The predicted octanol–water partition coefficient (Wildman–Crippen LogP) is 5.95. The van der Waals surface area contributed by atoms with Crippen LogP contribution in [0.2, 0.25) is 5.02 Å². The van der Waals surface area contributed by atoms with Gasteiger partial charge in [-0.25, -0.2) is 13.9 Å². The molecule has 3 heterocycles.